The van der Waals surface area contributed by atoms with E-state index in [0.29, 0.717) is 6.54 Å². The van der Waals surface area contributed by atoms with Crippen molar-refractivity contribution in [3.8, 4) is 0 Å². The number of carbonyl (C=O) groups is 1. The van der Waals surface area contributed by atoms with Crippen molar-refractivity contribution in [1.29, 1.82) is 0 Å². The van der Waals surface area contributed by atoms with Crippen LogP contribution in [-0.2, 0) is 11.2 Å². The van der Waals surface area contributed by atoms with E-state index in [1.54, 1.807) is 11.3 Å². The number of amides is 1. The van der Waals surface area contributed by atoms with Crippen molar-refractivity contribution in [3.05, 3.63) is 19.9 Å². The number of halogens is 2. The lowest BCUT2D eigenvalue weighted by Crippen LogP contribution is -2.43. The summed E-state index contributed by atoms with van der Waals surface area (Å²) in [7, 11) is 0. The number of nitrogens with one attached hydrogen (secondary N) is 1. The van der Waals surface area contributed by atoms with Gasteiger partial charge >= 0.3 is 0 Å². The Morgan fingerprint density at radius 1 is 1.56 bits per heavy atom. The van der Waals surface area contributed by atoms with Crippen molar-refractivity contribution in [2.24, 2.45) is 5.73 Å². The van der Waals surface area contributed by atoms with Gasteiger partial charge in [-0.3, -0.25) is 4.79 Å². The molecule has 1 aliphatic rings. The molecule has 0 aliphatic heterocycles. The lowest BCUT2D eigenvalue weighted by Gasteiger charge is -2.08. The van der Waals surface area contributed by atoms with Crippen molar-refractivity contribution in [2.45, 2.75) is 24.8 Å². The summed E-state index contributed by atoms with van der Waals surface area (Å²) in [6.07, 6.45) is 2.56. The predicted octanol–water partition coefficient (Wildman–Crippen LogP) is 1.92. The van der Waals surface area contributed by atoms with Gasteiger partial charge in [0.05, 0.1) is 8.42 Å². The number of hydrogen-bond acceptors (Lipinski definition) is 3. The van der Waals surface area contributed by atoms with Gasteiger partial charge in [0, 0.05) is 11.4 Å². The minimum atomic E-state index is -0.538. The summed E-state index contributed by atoms with van der Waals surface area (Å²) in [5.74, 6) is 0.00810. The van der Waals surface area contributed by atoms with Crippen LogP contribution in [-0.4, -0.2) is 18.0 Å². The number of carbonyl (C=O) groups excluding carboxylic acids is 1. The molecule has 6 heteroatoms. The molecule has 1 heterocycles. The van der Waals surface area contributed by atoms with Crippen LogP contribution in [0.1, 0.15) is 17.7 Å². The highest BCUT2D eigenvalue weighted by Gasteiger charge is 2.45. The molecule has 1 fully saturated rings. The summed E-state index contributed by atoms with van der Waals surface area (Å²) in [6.45, 7) is 0.689. The van der Waals surface area contributed by atoms with Gasteiger partial charge in [0.2, 0.25) is 5.91 Å². The van der Waals surface area contributed by atoms with Gasteiger partial charge in [-0.1, -0.05) is 0 Å². The highest BCUT2D eigenvalue weighted by atomic mass is 127. The van der Waals surface area contributed by atoms with E-state index < -0.39 is 5.54 Å². The molecule has 0 unspecified atom stereocenters. The number of rotatable bonds is 4. The van der Waals surface area contributed by atoms with Crippen LogP contribution in [0.25, 0.3) is 0 Å². The van der Waals surface area contributed by atoms with Gasteiger partial charge in [0.25, 0.3) is 0 Å². The van der Waals surface area contributed by atoms with E-state index in [-0.39, 0.29) is 18.3 Å². The zero-order valence-corrected chi connectivity index (χ0v) is 12.5. The fourth-order valence-corrected chi connectivity index (χ4v) is 3.08. The van der Waals surface area contributed by atoms with E-state index >= 15 is 0 Å². The monoisotopic (exact) mass is 372 g/mol. The van der Waals surface area contributed by atoms with E-state index in [1.807, 2.05) is 0 Å². The Bertz CT molecular complexity index is 379. The fraction of sp³-hybridized carbons (Fsp3) is 0.500. The summed E-state index contributed by atoms with van der Waals surface area (Å²) in [4.78, 5) is 12.8. The van der Waals surface area contributed by atoms with Crippen LogP contribution in [0.2, 0.25) is 0 Å². The molecule has 1 aromatic heterocycles. The van der Waals surface area contributed by atoms with Crippen LogP contribution in [0, 0.1) is 2.88 Å². The number of hydrogen-bond donors (Lipinski definition) is 2. The maximum Gasteiger partial charge on any atom is 0.240 e. The molecular weight excluding hydrogens is 359 g/mol. The van der Waals surface area contributed by atoms with Crippen molar-refractivity contribution in [3.63, 3.8) is 0 Å². The quantitative estimate of drug-likeness (QED) is 0.794. The molecule has 16 heavy (non-hydrogen) atoms. The lowest BCUT2D eigenvalue weighted by atomic mass is 10.2. The smallest absolute Gasteiger partial charge is 0.240 e. The van der Waals surface area contributed by atoms with Gasteiger partial charge in [-0.25, -0.2) is 0 Å². The second kappa shape index (κ2) is 5.66. The maximum absolute atomic E-state index is 11.5. The van der Waals surface area contributed by atoms with Gasteiger partial charge < -0.3 is 11.1 Å². The van der Waals surface area contributed by atoms with Crippen molar-refractivity contribution in [2.75, 3.05) is 6.54 Å². The second-order valence-electron chi connectivity index (χ2n) is 3.87. The molecule has 0 bridgehead atoms. The number of nitrogens with two attached hydrogens (primary N) is 1. The summed E-state index contributed by atoms with van der Waals surface area (Å²) in [5.41, 5.74) is 5.23. The van der Waals surface area contributed by atoms with Gasteiger partial charge in [0.1, 0.15) is 0 Å². The normalized spacial score (nSPS) is 16.4. The molecule has 0 spiro atoms. The lowest BCUT2D eigenvalue weighted by molar-refractivity contribution is -0.123. The third-order valence-corrected chi connectivity index (χ3v) is 4.48. The molecular formula is C10H14ClIN2OS. The fourth-order valence-electron chi connectivity index (χ4n) is 1.32. The third-order valence-electron chi connectivity index (χ3n) is 2.53. The Morgan fingerprint density at radius 2 is 2.25 bits per heavy atom. The Hall–Kier alpha value is 0.150. The first-order valence-corrected chi connectivity index (χ1v) is 6.81. The largest absolute Gasteiger partial charge is 0.354 e. The standard InChI is InChI=1S/C10H13IN2OS.ClH/c11-8-2-1-7(15-8)3-6-13-9(14)10(12)4-5-10;/h1-2H,3-6,12H2,(H,13,14);1H. The van der Waals surface area contributed by atoms with Crippen LogP contribution in [0.5, 0.6) is 0 Å². The minimum Gasteiger partial charge on any atom is -0.354 e. The molecule has 0 aromatic carbocycles. The van der Waals surface area contributed by atoms with E-state index in [2.05, 4.69) is 40.0 Å². The first kappa shape index (κ1) is 14.2. The molecule has 0 radical (unpaired) electrons. The molecule has 1 saturated carbocycles. The molecule has 1 amide bonds. The highest BCUT2D eigenvalue weighted by molar-refractivity contribution is 14.1. The zero-order chi connectivity index (χ0) is 10.9. The van der Waals surface area contributed by atoms with E-state index in [9.17, 15) is 4.79 Å². The summed E-state index contributed by atoms with van der Waals surface area (Å²) >= 11 is 4.07. The van der Waals surface area contributed by atoms with E-state index in [1.165, 1.54) is 7.76 Å². The molecule has 0 atom stereocenters. The Kier molecular flexibility index (Phi) is 5.03. The van der Waals surface area contributed by atoms with Crippen molar-refractivity contribution in [1.82, 2.24) is 5.32 Å². The summed E-state index contributed by atoms with van der Waals surface area (Å²) in [6, 6.07) is 4.20. The molecule has 3 N–H and O–H groups in total. The van der Waals surface area contributed by atoms with Crippen molar-refractivity contribution < 1.29 is 4.79 Å². The van der Waals surface area contributed by atoms with Gasteiger partial charge in [-0.15, -0.1) is 23.7 Å². The zero-order valence-electron chi connectivity index (χ0n) is 8.66. The van der Waals surface area contributed by atoms with Gasteiger partial charge in [-0.2, -0.15) is 0 Å². The van der Waals surface area contributed by atoms with Crippen molar-refractivity contribution >= 4 is 52.2 Å². The van der Waals surface area contributed by atoms with Gasteiger partial charge in [0.15, 0.2) is 0 Å². The minimum absolute atomic E-state index is 0. The topological polar surface area (TPSA) is 55.1 Å². The van der Waals surface area contributed by atoms with Crippen LogP contribution in [0.3, 0.4) is 0 Å². The Balaban J connectivity index is 0.00000128. The van der Waals surface area contributed by atoms with E-state index in [4.69, 9.17) is 5.73 Å². The van der Waals surface area contributed by atoms with Crippen LogP contribution in [0.4, 0.5) is 0 Å². The Labute approximate surface area is 119 Å². The van der Waals surface area contributed by atoms with Crippen LogP contribution < -0.4 is 11.1 Å². The summed E-state index contributed by atoms with van der Waals surface area (Å²) < 4.78 is 1.28. The molecule has 3 nitrogen and oxygen atoms in total. The third kappa shape index (κ3) is 3.58. The number of thiophene rings is 1. The SMILES string of the molecule is Cl.NC1(C(=O)NCCc2ccc(I)s2)CC1. The maximum atomic E-state index is 11.5. The van der Waals surface area contributed by atoms with Crippen LogP contribution >= 0.6 is 46.3 Å². The van der Waals surface area contributed by atoms with E-state index in [0.717, 1.165) is 19.3 Å². The Morgan fingerprint density at radius 3 is 2.75 bits per heavy atom. The van der Waals surface area contributed by atoms with Gasteiger partial charge in [-0.05, 0) is 54.0 Å². The first-order valence-electron chi connectivity index (χ1n) is 4.91. The molecule has 90 valence electrons. The summed E-state index contributed by atoms with van der Waals surface area (Å²) in [5, 5.41) is 2.88. The molecule has 0 saturated heterocycles. The average molecular weight is 373 g/mol. The molecule has 2 rings (SSSR count). The average Bonchev–Trinajstić information content (AvgIpc) is 2.81. The predicted molar refractivity (Wildman–Crippen MR) is 77.2 cm³/mol. The first-order chi connectivity index (χ1) is 7.10. The second-order valence-corrected chi connectivity index (χ2v) is 6.93. The highest BCUT2D eigenvalue weighted by Crippen LogP contribution is 2.32. The van der Waals surface area contributed by atoms with Crippen LogP contribution in [0.15, 0.2) is 12.1 Å². The molecule has 1 aromatic rings. The molecule has 1 aliphatic carbocycles.